The van der Waals surface area contributed by atoms with E-state index < -0.39 is 0 Å². The maximum Gasteiger partial charge on any atom is 0.0510 e. The number of hydrogen-bond donors (Lipinski definition) is 1. The fourth-order valence-electron chi connectivity index (χ4n) is 3.24. The van der Waals surface area contributed by atoms with Gasteiger partial charge in [-0.05, 0) is 26.3 Å². The van der Waals surface area contributed by atoms with Crippen molar-refractivity contribution in [2.24, 2.45) is 0 Å². The summed E-state index contributed by atoms with van der Waals surface area (Å²) in [5.74, 6) is 0. The molecule has 1 aliphatic carbocycles. The number of likely N-dealkylation sites (N-methyl/N-ethyl adjacent to an activating group) is 1. The Morgan fingerprint density at radius 1 is 1.20 bits per heavy atom. The minimum atomic E-state index is 0.599. The SMILES string of the molecule is CN1CC23CCCC2(C1)N3. The molecule has 0 bridgehead atoms. The van der Waals surface area contributed by atoms with Crippen molar-refractivity contribution in [3.63, 3.8) is 0 Å². The van der Waals surface area contributed by atoms with Crippen LogP contribution in [0.1, 0.15) is 19.3 Å². The van der Waals surface area contributed by atoms with Crippen LogP contribution in [-0.4, -0.2) is 36.1 Å². The Hall–Kier alpha value is -0.0800. The summed E-state index contributed by atoms with van der Waals surface area (Å²) in [4.78, 5) is 2.47. The van der Waals surface area contributed by atoms with Gasteiger partial charge in [-0.15, -0.1) is 0 Å². The number of nitrogens with one attached hydrogen (secondary N) is 1. The zero-order chi connectivity index (χ0) is 6.82. The van der Waals surface area contributed by atoms with Gasteiger partial charge in [0.15, 0.2) is 0 Å². The van der Waals surface area contributed by atoms with Crippen LogP contribution in [0.15, 0.2) is 0 Å². The predicted octanol–water partition coefficient (Wildman–Crippen LogP) is 0.196. The number of nitrogens with zero attached hydrogens (tertiary/aromatic N) is 1. The lowest BCUT2D eigenvalue weighted by Crippen LogP contribution is -2.31. The van der Waals surface area contributed by atoms with Gasteiger partial charge in [0.25, 0.3) is 0 Å². The van der Waals surface area contributed by atoms with Crippen LogP contribution in [0.3, 0.4) is 0 Å². The maximum absolute atomic E-state index is 3.68. The fraction of sp³-hybridized carbons (Fsp3) is 1.00. The summed E-state index contributed by atoms with van der Waals surface area (Å²) in [6.07, 6.45) is 4.32. The molecule has 2 nitrogen and oxygen atoms in total. The summed E-state index contributed by atoms with van der Waals surface area (Å²) in [7, 11) is 2.24. The molecule has 0 spiro atoms. The van der Waals surface area contributed by atoms with Crippen molar-refractivity contribution in [3.05, 3.63) is 0 Å². The summed E-state index contributed by atoms with van der Waals surface area (Å²) in [6, 6.07) is 0. The third kappa shape index (κ3) is 0.397. The van der Waals surface area contributed by atoms with Crippen molar-refractivity contribution >= 4 is 0 Å². The van der Waals surface area contributed by atoms with Gasteiger partial charge in [0.2, 0.25) is 0 Å². The van der Waals surface area contributed by atoms with E-state index in [2.05, 4.69) is 17.3 Å². The molecule has 1 N–H and O–H groups in total. The zero-order valence-corrected chi connectivity index (χ0v) is 6.48. The molecule has 2 unspecified atom stereocenters. The first-order valence-electron chi connectivity index (χ1n) is 4.24. The van der Waals surface area contributed by atoms with Crippen molar-refractivity contribution in [1.82, 2.24) is 10.2 Å². The minimum Gasteiger partial charge on any atom is -0.303 e. The Bertz CT molecular complexity index is 166. The summed E-state index contributed by atoms with van der Waals surface area (Å²) in [5, 5.41) is 3.68. The molecule has 2 atom stereocenters. The molecule has 0 aromatic heterocycles. The lowest BCUT2D eigenvalue weighted by atomic mass is 10.0. The number of likely N-dealkylation sites (tertiary alicyclic amines) is 1. The molecule has 2 heterocycles. The molecule has 2 heteroatoms. The molecule has 0 radical (unpaired) electrons. The van der Waals surface area contributed by atoms with Crippen LogP contribution in [0.4, 0.5) is 0 Å². The molecule has 3 rings (SSSR count). The smallest absolute Gasteiger partial charge is 0.0510 e. The van der Waals surface area contributed by atoms with Crippen LogP contribution in [0.5, 0.6) is 0 Å². The number of rotatable bonds is 0. The van der Waals surface area contributed by atoms with Gasteiger partial charge in [0.1, 0.15) is 0 Å². The lowest BCUT2D eigenvalue weighted by Gasteiger charge is -2.17. The van der Waals surface area contributed by atoms with Crippen LogP contribution in [0.2, 0.25) is 0 Å². The van der Waals surface area contributed by atoms with Gasteiger partial charge in [0, 0.05) is 13.1 Å². The standard InChI is InChI=1S/C8H14N2/c1-10-5-7-3-2-4-8(7,6-10)9-7/h9H,2-6H2,1H3. The second-order valence-electron chi connectivity index (χ2n) is 4.32. The molecule has 2 saturated heterocycles. The molecule has 0 amide bonds. The first-order chi connectivity index (χ1) is 4.77. The first kappa shape index (κ1) is 5.56. The summed E-state index contributed by atoms with van der Waals surface area (Å²) in [6.45, 7) is 2.60. The Balaban J connectivity index is 1.97. The molecular formula is C8H14N2. The van der Waals surface area contributed by atoms with Crippen LogP contribution >= 0.6 is 0 Å². The summed E-state index contributed by atoms with van der Waals surface area (Å²) >= 11 is 0. The van der Waals surface area contributed by atoms with Crippen molar-refractivity contribution in [1.29, 1.82) is 0 Å². The van der Waals surface area contributed by atoms with Gasteiger partial charge in [-0.3, -0.25) is 5.32 Å². The average molecular weight is 138 g/mol. The number of piperazine rings is 1. The van der Waals surface area contributed by atoms with Crippen LogP contribution < -0.4 is 5.32 Å². The van der Waals surface area contributed by atoms with Crippen molar-refractivity contribution in [3.8, 4) is 0 Å². The van der Waals surface area contributed by atoms with Gasteiger partial charge in [-0.2, -0.15) is 0 Å². The topological polar surface area (TPSA) is 25.2 Å². The molecule has 10 heavy (non-hydrogen) atoms. The van der Waals surface area contributed by atoms with Gasteiger partial charge in [-0.1, -0.05) is 0 Å². The molecular weight excluding hydrogens is 124 g/mol. The van der Waals surface area contributed by atoms with E-state index in [-0.39, 0.29) is 0 Å². The molecule has 0 aromatic carbocycles. The Morgan fingerprint density at radius 3 is 2.40 bits per heavy atom. The third-order valence-corrected chi connectivity index (χ3v) is 3.62. The van der Waals surface area contributed by atoms with Crippen LogP contribution in [0, 0.1) is 0 Å². The molecule has 1 saturated carbocycles. The normalized spacial score (nSPS) is 58.5. The number of piperidine rings is 1. The highest BCUT2D eigenvalue weighted by Gasteiger charge is 2.72. The number of hydrogen-bond acceptors (Lipinski definition) is 2. The monoisotopic (exact) mass is 138 g/mol. The van der Waals surface area contributed by atoms with E-state index in [1.165, 1.54) is 32.4 Å². The molecule has 0 aromatic rings. The van der Waals surface area contributed by atoms with E-state index in [1.54, 1.807) is 0 Å². The van der Waals surface area contributed by atoms with Gasteiger partial charge in [0.05, 0.1) is 11.1 Å². The minimum absolute atomic E-state index is 0.599. The van der Waals surface area contributed by atoms with Gasteiger partial charge >= 0.3 is 0 Å². The second-order valence-corrected chi connectivity index (χ2v) is 4.32. The van der Waals surface area contributed by atoms with E-state index in [0.29, 0.717) is 11.1 Å². The average Bonchev–Trinajstić information content (AvgIpc) is 2.15. The first-order valence-corrected chi connectivity index (χ1v) is 4.24. The molecule has 2 aliphatic heterocycles. The zero-order valence-electron chi connectivity index (χ0n) is 6.48. The fourth-order valence-corrected chi connectivity index (χ4v) is 3.24. The van der Waals surface area contributed by atoms with Crippen molar-refractivity contribution in [2.75, 3.05) is 20.1 Å². The maximum atomic E-state index is 3.68. The second kappa shape index (κ2) is 1.28. The highest BCUT2D eigenvalue weighted by Crippen LogP contribution is 2.56. The molecule has 56 valence electrons. The molecule has 3 aliphatic rings. The van der Waals surface area contributed by atoms with E-state index in [1.807, 2.05) is 0 Å². The lowest BCUT2D eigenvalue weighted by molar-refractivity contribution is 0.316. The van der Waals surface area contributed by atoms with Crippen molar-refractivity contribution < 1.29 is 0 Å². The Morgan fingerprint density at radius 2 is 1.80 bits per heavy atom. The van der Waals surface area contributed by atoms with Crippen LogP contribution in [-0.2, 0) is 0 Å². The summed E-state index contributed by atoms with van der Waals surface area (Å²) in [5.41, 5.74) is 1.20. The predicted molar refractivity (Wildman–Crippen MR) is 39.9 cm³/mol. The van der Waals surface area contributed by atoms with Crippen molar-refractivity contribution in [2.45, 2.75) is 30.3 Å². The highest BCUT2D eigenvalue weighted by atomic mass is 15.4. The van der Waals surface area contributed by atoms with E-state index in [4.69, 9.17) is 0 Å². The highest BCUT2D eigenvalue weighted by molar-refractivity contribution is 5.35. The Labute approximate surface area is 61.6 Å². The summed E-state index contributed by atoms with van der Waals surface area (Å²) < 4.78 is 0. The van der Waals surface area contributed by atoms with Gasteiger partial charge in [-0.25, -0.2) is 0 Å². The van der Waals surface area contributed by atoms with E-state index >= 15 is 0 Å². The largest absolute Gasteiger partial charge is 0.303 e. The Kier molecular flexibility index (Phi) is 0.710. The van der Waals surface area contributed by atoms with Crippen LogP contribution in [0.25, 0.3) is 0 Å². The molecule has 3 fully saturated rings. The third-order valence-electron chi connectivity index (χ3n) is 3.62. The van der Waals surface area contributed by atoms with E-state index in [0.717, 1.165) is 0 Å². The van der Waals surface area contributed by atoms with Gasteiger partial charge < -0.3 is 4.90 Å². The van der Waals surface area contributed by atoms with E-state index in [9.17, 15) is 0 Å². The quantitative estimate of drug-likeness (QED) is 0.484.